The second kappa shape index (κ2) is 6.22. The van der Waals surface area contributed by atoms with E-state index in [1.807, 2.05) is 6.92 Å². The summed E-state index contributed by atoms with van der Waals surface area (Å²) in [5, 5.41) is 7.58. The van der Waals surface area contributed by atoms with Crippen molar-refractivity contribution in [3.05, 3.63) is 11.7 Å². The average molecular weight is 280 g/mol. The molecule has 1 saturated heterocycles. The van der Waals surface area contributed by atoms with E-state index in [0.717, 1.165) is 44.2 Å². The molecule has 1 fully saturated rings. The fourth-order valence-electron chi connectivity index (χ4n) is 2.92. The van der Waals surface area contributed by atoms with Gasteiger partial charge in [-0.2, -0.15) is 4.98 Å². The first-order valence-electron chi connectivity index (χ1n) is 7.72. The third-order valence-corrected chi connectivity index (χ3v) is 4.49. The van der Waals surface area contributed by atoms with Crippen LogP contribution in [0.3, 0.4) is 0 Å². The number of hydrogen-bond donors (Lipinski definition) is 1. The molecule has 0 bridgehead atoms. The molecule has 1 N–H and O–H groups in total. The number of hydrogen-bond acceptors (Lipinski definition) is 5. The maximum atomic E-state index is 5.23. The average Bonchev–Trinajstić information content (AvgIpc) is 2.82. The van der Waals surface area contributed by atoms with Crippen LogP contribution in [-0.4, -0.2) is 46.3 Å². The second-order valence-corrected chi connectivity index (χ2v) is 6.56. The molecule has 2 heterocycles. The van der Waals surface area contributed by atoms with Crippen molar-refractivity contribution in [2.24, 2.45) is 5.92 Å². The van der Waals surface area contributed by atoms with Gasteiger partial charge in [0.15, 0.2) is 5.82 Å². The molecule has 5 heteroatoms. The van der Waals surface area contributed by atoms with Gasteiger partial charge in [-0.15, -0.1) is 0 Å². The van der Waals surface area contributed by atoms with E-state index >= 15 is 0 Å². The lowest BCUT2D eigenvalue weighted by Crippen LogP contribution is -2.64. The van der Waals surface area contributed by atoms with Gasteiger partial charge in [0.1, 0.15) is 0 Å². The summed E-state index contributed by atoms with van der Waals surface area (Å²) in [5.74, 6) is 2.12. The number of nitrogens with zero attached hydrogens (tertiary/aromatic N) is 3. The zero-order chi connectivity index (χ0) is 14.8. The van der Waals surface area contributed by atoms with E-state index in [1.54, 1.807) is 0 Å². The SMILES string of the molecule is CCC1(C)CN(CCc2nc(C)no2)C(C(C)C)CN1. The Morgan fingerprint density at radius 1 is 1.50 bits per heavy atom. The molecule has 0 aliphatic carbocycles. The van der Waals surface area contributed by atoms with Crippen LogP contribution in [0.25, 0.3) is 0 Å². The highest BCUT2D eigenvalue weighted by molar-refractivity contribution is 4.96. The molecule has 2 atom stereocenters. The van der Waals surface area contributed by atoms with E-state index in [4.69, 9.17) is 4.52 Å². The quantitative estimate of drug-likeness (QED) is 0.894. The first-order chi connectivity index (χ1) is 9.43. The Bertz CT molecular complexity index is 431. The minimum absolute atomic E-state index is 0.218. The molecule has 1 aliphatic heterocycles. The fraction of sp³-hybridized carbons (Fsp3) is 0.867. The van der Waals surface area contributed by atoms with Gasteiger partial charge in [0.2, 0.25) is 5.89 Å². The molecule has 2 rings (SSSR count). The van der Waals surface area contributed by atoms with Crippen LogP contribution in [0.1, 0.15) is 45.8 Å². The fourth-order valence-corrected chi connectivity index (χ4v) is 2.92. The van der Waals surface area contributed by atoms with Crippen molar-refractivity contribution in [1.29, 1.82) is 0 Å². The van der Waals surface area contributed by atoms with Gasteiger partial charge in [-0.1, -0.05) is 25.9 Å². The van der Waals surface area contributed by atoms with Gasteiger partial charge < -0.3 is 9.84 Å². The maximum Gasteiger partial charge on any atom is 0.227 e. The van der Waals surface area contributed by atoms with Gasteiger partial charge in [0, 0.05) is 37.6 Å². The van der Waals surface area contributed by atoms with E-state index in [1.165, 1.54) is 0 Å². The summed E-state index contributed by atoms with van der Waals surface area (Å²) in [5.41, 5.74) is 0.218. The number of piperazine rings is 1. The monoisotopic (exact) mass is 280 g/mol. The highest BCUT2D eigenvalue weighted by atomic mass is 16.5. The van der Waals surface area contributed by atoms with Crippen LogP contribution >= 0.6 is 0 Å². The lowest BCUT2D eigenvalue weighted by molar-refractivity contribution is 0.0596. The van der Waals surface area contributed by atoms with E-state index < -0.39 is 0 Å². The van der Waals surface area contributed by atoms with Crippen LogP contribution in [0.15, 0.2) is 4.52 Å². The lowest BCUT2D eigenvalue weighted by atomic mass is 9.90. The molecule has 2 unspecified atom stereocenters. The van der Waals surface area contributed by atoms with Crippen molar-refractivity contribution in [3.8, 4) is 0 Å². The third kappa shape index (κ3) is 3.58. The van der Waals surface area contributed by atoms with Gasteiger partial charge >= 0.3 is 0 Å². The first-order valence-corrected chi connectivity index (χ1v) is 7.72. The van der Waals surface area contributed by atoms with Crippen LogP contribution in [0.2, 0.25) is 0 Å². The third-order valence-electron chi connectivity index (χ3n) is 4.49. The van der Waals surface area contributed by atoms with E-state index in [2.05, 4.69) is 48.1 Å². The molecular formula is C15H28N4O. The molecular weight excluding hydrogens is 252 g/mol. The Hall–Kier alpha value is -0.940. The topological polar surface area (TPSA) is 54.2 Å². The van der Waals surface area contributed by atoms with Crippen molar-refractivity contribution >= 4 is 0 Å². The Balaban J connectivity index is 2.00. The summed E-state index contributed by atoms with van der Waals surface area (Å²) >= 11 is 0. The summed E-state index contributed by atoms with van der Waals surface area (Å²) in [6.45, 7) is 14.2. The number of rotatable bonds is 5. The molecule has 0 radical (unpaired) electrons. The van der Waals surface area contributed by atoms with Crippen LogP contribution in [-0.2, 0) is 6.42 Å². The van der Waals surface area contributed by atoms with Crippen molar-refractivity contribution in [2.75, 3.05) is 19.6 Å². The summed E-state index contributed by atoms with van der Waals surface area (Å²) in [7, 11) is 0. The first kappa shape index (κ1) is 15.4. The predicted octanol–water partition coefficient (Wildman–Crippen LogP) is 2.02. The molecule has 20 heavy (non-hydrogen) atoms. The minimum Gasteiger partial charge on any atom is -0.339 e. The maximum absolute atomic E-state index is 5.23. The summed E-state index contributed by atoms with van der Waals surface area (Å²) in [6, 6.07) is 0.582. The highest BCUT2D eigenvalue weighted by Crippen LogP contribution is 2.22. The molecule has 1 aromatic rings. The Labute approximate surface area is 122 Å². The van der Waals surface area contributed by atoms with Crippen molar-refractivity contribution in [3.63, 3.8) is 0 Å². The molecule has 1 aromatic heterocycles. The zero-order valence-corrected chi connectivity index (χ0v) is 13.4. The number of aromatic nitrogens is 2. The summed E-state index contributed by atoms with van der Waals surface area (Å²) < 4.78 is 5.23. The van der Waals surface area contributed by atoms with Gasteiger partial charge in [0.25, 0.3) is 0 Å². The van der Waals surface area contributed by atoms with Crippen LogP contribution in [0.4, 0.5) is 0 Å². The van der Waals surface area contributed by atoms with Crippen LogP contribution < -0.4 is 5.32 Å². The smallest absolute Gasteiger partial charge is 0.227 e. The molecule has 114 valence electrons. The zero-order valence-electron chi connectivity index (χ0n) is 13.4. The van der Waals surface area contributed by atoms with Gasteiger partial charge in [-0.3, -0.25) is 4.90 Å². The molecule has 0 saturated carbocycles. The molecule has 0 aromatic carbocycles. The van der Waals surface area contributed by atoms with Crippen molar-refractivity contribution in [2.45, 2.75) is 59.0 Å². The molecule has 0 spiro atoms. The molecule has 5 nitrogen and oxygen atoms in total. The predicted molar refractivity (Wildman–Crippen MR) is 79.6 cm³/mol. The standard InChI is InChI=1S/C15H28N4O/c1-6-15(5)10-19(13(9-16-15)11(2)3)8-7-14-17-12(4)18-20-14/h11,13,16H,6-10H2,1-5H3. The normalized spacial score (nSPS) is 28.2. The molecule has 0 amide bonds. The second-order valence-electron chi connectivity index (χ2n) is 6.56. The Kier molecular flexibility index (Phi) is 4.81. The Morgan fingerprint density at radius 2 is 2.25 bits per heavy atom. The number of nitrogens with one attached hydrogen (secondary N) is 1. The van der Waals surface area contributed by atoms with Crippen LogP contribution in [0, 0.1) is 12.8 Å². The van der Waals surface area contributed by atoms with E-state index in [-0.39, 0.29) is 5.54 Å². The van der Waals surface area contributed by atoms with Crippen LogP contribution in [0.5, 0.6) is 0 Å². The van der Waals surface area contributed by atoms with E-state index in [0.29, 0.717) is 12.0 Å². The summed E-state index contributed by atoms with van der Waals surface area (Å²) in [4.78, 5) is 6.89. The van der Waals surface area contributed by atoms with Crippen molar-refractivity contribution in [1.82, 2.24) is 20.4 Å². The lowest BCUT2D eigenvalue weighted by Gasteiger charge is -2.47. The highest BCUT2D eigenvalue weighted by Gasteiger charge is 2.35. The van der Waals surface area contributed by atoms with E-state index in [9.17, 15) is 0 Å². The van der Waals surface area contributed by atoms with Gasteiger partial charge in [-0.05, 0) is 26.2 Å². The van der Waals surface area contributed by atoms with Gasteiger partial charge in [-0.25, -0.2) is 0 Å². The number of aryl methyl sites for hydroxylation is 1. The largest absolute Gasteiger partial charge is 0.339 e. The minimum atomic E-state index is 0.218. The van der Waals surface area contributed by atoms with Crippen molar-refractivity contribution < 1.29 is 4.52 Å². The molecule has 1 aliphatic rings. The summed E-state index contributed by atoms with van der Waals surface area (Å²) in [6.07, 6.45) is 1.98. The van der Waals surface area contributed by atoms with Gasteiger partial charge in [0.05, 0.1) is 0 Å². The Morgan fingerprint density at radius 3 is 2.80 bits per heavy atom.